The third-order valence-electron chi connectivity index (χ3n) is 4.95. The zero-order chi connectivity index (χ0) is 21.3. The summed E-state index contributed by atoms with van der Waals surface area (Å²) < 4.78 is 5.67. The van der Waals surface area contributed by atoms with Crippen LogP contribution in [0.1, 0.15) is 38.2 Å². The number of nitrogens with one attached hydrogen (secondary N) is 1. The lowest BCUT2D eigenvalue weighted by atomic mass is 10.0. The van der Waals surface area contributed by atoms with Crippen LogP contribution in [-0.2, 0) is 4.74 Å². The highest BCUT2D eigenvalue weighted by molar-refractivity contribution is 5.85. The quantitative estimate of drug-likeness (QED) is 0.698. The molecule has 4 heterocycles. The minimum atomic E-state index is -0.567. The Balaban J connectivity index is 1.85. The number of pyridine rings is 2. The van der Waals surface area contributed by atoms with Gasteiger partial charge < -0.3 is 10.1 Å². The van der Waals surface area contributed by atoms with Gasteiger partial charge in [-0.1, -0.05) is 0 Å². The summed E-state index contributed by atoms with van der Waals surface area (Å²) in [6.07, 6.45) is 4.85. The molecule has 3 aromatic rings. The molecule has 4 rings (SSSR count). The van der Waals surface area contributed by atoms with Gasteiger partial charge in [0.2, 0.25) is 0 Å². The lowest BCUT2D eigenvalue weighted by molar-refractivity contribution is 0.0115. The fraction of sp³-hybridized carbons (Fsp3) is 0.409. The minimum Gasteiger partial charge on any atom is -0.444 e. The number of rotatable bonds is 2. The first kappa shape index (κ1) is 20.2. The van der Waals surface area contributed by atoms with E-state index in [0.29, 0.717) is 25.5 Å². The van der Waals surface area contributed by atoms with Crippen molar-refractivity contribution in [2.24, 2.45) is 0 Å². The highest BCUT2D eigenvalue weighted by atomic mass is 16.6. The summed E-state index contributed by atoms with van der Waals surface area (Å²) in [5, 5.41) is 4.28. The summed E-state index contributed by atoms with van der Waals surface area (Å²) >= 11 is 0. The number of aryl methyl sites for hydroxylation is 1. The number of nitrogens with zero attached hydrogens (tertiary/aromatic N) is 5. The van der Waals surface area contributed by atoms with Crippen molar-refractivity contribution in [1.82, 2.24) is 30.2 Å². The molecule has 0 saturated carbocycles. The summed E-state index contributed by atoms with van der Waals surface area (Å²) in [4.78, 5) is 32.9. The molecule has 3 aromatic heterocycles. The molecular weight excluding hydrogens is 380 g/mol. The van der Waals surface area contributed by atoms with E-state index in [1.54, 1.807) is 23.5 Å². The first-order chi connectivity index (χ1) is 14.3. The maximum Gasteiger partial charge on any atom is 0.410 e. The van der Waals surface area contributed by atoms with Gasteiger partial charge in [0.1, 0.15) is 5.60 Å². The lowest BCUT2D eigenvalue weighted by Gasteiger charge is -2.37. The SMILES string of the molecule is Cc1nccc2c(C3CNCCN3C(=O)OC(C)(C)C)nc(-c3ccncc3)nc12. The van der Waals surface area contributed by atoms with Crippen LogP contribution in [0.15, 0.2) is 36.8 Å². The van der Waals surface area contributed by atoms with Crippen molar-refractivity contribution in [3.05, 3.63) is 48.2 Å². The first-order valence-corrected chi connectivity index (χ1v) is 10.1. The Bertz CT molecular complexity index is 1060. The lowest BCUT2D eigenvalue weighted by Crippen LogP contribution is -2.50. The largest absolute Gasteiger partial charge is 0.444 e. The molecule has 1 unspecified atom stereocenters. The van der Waals surface area contributed by atoms with Crippen molar-refractivity contribution >= 4 is 17.0 Å². The maximum absolute atomic E-state index is 13.0. The Hall–Kier alpha value is -3.13. The van der Waals surface area contributed by atoms with E-state index in [1.807, 2.05) is 45.9 Å². The van der Waals surface area contributed by atoms with Crippen LogP contribution in [0.3, 0.4) is 0 Å². The second-order valence-corrected chi connectivity index (χ2v) is 8.35. The molecule has 0 aliphatic carbocycles. The van der Waals surface area contributed by atoms with Gasteiger partial charge in [0.15, 0.2) is 5.82 Å². The maximum atomic E-state index is 13.0. The van der Waals surface area contributed by atoms with E-state index in [9.17, 15) is 4.79 Å². The monoisotopic (exact) mass is 406 g/mol. The molecule has 0 bridgehead atoms. The highest BCUT2D eigenvalue weighted by Gasteiger charge is 2.34. The van der Waals surface area contributed by atoms with Gasteiger partial charge in [-0.2, -0.15) is 0 Å². The Kier molecular flexibility index (Phi) is 5.34. The van der Waals surface area contributed by atoms with Gasteiger partial charge in [0, 0.05) is 49.2 Å². The Labute approximate surface area is 175 Å². The topological polar surface area (TPSA) is 93.1 Å². The molecule has 30 heavy (non-hydrogen) atoms. The average molecular weight is 406 g/mol. The number of ether oxygens (including phenoxy) is 1. The van der Waals surface area contributed by atoms with Gasteiger partial charge >= 0.3 is 6.09 Å². The zero-order valence-corrected chi connectivity index (χ0v) is 17.7. The molecule has 1 aliphatic heterocycles. The van der Waals surface area contributed by atoms with Crippen LogP contribution in [0, 0.1) is 6.92 Å². The second kappa shape index (κ2) is 7.95. The number of hydrogen-bond donors (Lipinski definition) is 1. The van der Waals surface area contributed by atoms with Crippen LogP contribution in [0.5, 0.6) is 0 Å². The Morgan fingerprint density at radius 3 is 2.67 bits per heavy atom. The van der Waals surface area contributed by atoms with E-state index in [0.717, 1.165) is 27.9 Å². The molecule has 8 heteroatoms. The number of amides is 1. The predicted molar refractivity (Wildman–Crippen MR) is 114 cm³/mol. The van der Waals surface area contributed by atoms with Crippen LogP contribution >= 0.6 is 0 Å². The highest BCUT2D eigenvalue weighted by Crippen LogP contribution is 2.31. The van der Waals surface area contributed by atoms with E-state index in [4.69, 9.17) is 14.7 Å². The number of carbonyl (C=O) groups is 1. The number of hydrogen-bond acceptors (Lipinski definition) is 7. The molecule has 156 valence electrons. The van der Waals surface area contributed by atoms with E-state index in [1.165, 1.54) is 0 Å². The van der Waals surface area contributed by atoms with E-state index in [-0.39, 0.29) is 12.1 Å². The molecule has 1 N–H and O–H groups in total. The van der Waals surface area contributed by atoms with Gasteiger partial charge in [-0.05, 0) is 45.9 Å². The van der Waals surface area contributed by atoms with Crippen molar-refractivity contribution in [1.29, 1.82) is 0 Å². The minimum absolute atomic E-state index is 0.276. The summed E-state index contributed by atoms with van der Waals surface area (Å²) in [5.41, 5.74) is 2.69. The van der Waals surface area contributed by atoms with Crippen LogP contribution in [0.2, 0.25) is 0 Å². The van der Waals surface area contributed by atoms with Gasteiger partial charge in [-0.15, -0.1) is 0 Å². The summed E-state index contributed by atoms with van der Waals surface area (Å²) in [6.45, 7) is 9.38. The zero-order valence-electron chi connectivity index (χ0n) is 17.7. The predicted octanol–water partition coefficient (Wildman–Crippen LogP) is 3.28. The molecule has 8 nitrogen and oxygen atoms in total. The number of aromatic nitrogens is 4. The van der Waals surface area contributed by atoms with Gasteiger partial charge in [-0.25, -0.2) is 14.8 Å². The van der Waals surface area contributed by atoms with Gasteiger partial charge in [0.05, 0.1) is 22.9 Å². The number of piperazine rings is 1. The number of fused-ring (bicyclic) bond motifs is 1. The molecule has 1 amide bonds. The van der Waals surface area contributed by atoms with Crippen LogP contribution < -0.4 is 5.32 Å². The molecule has 0 spiro atoms. The normalized spacial score (nSPS) is 17.2. The fourth-order valence-electron chi connectivity index (χ4n) is 3.58. The van der Waals surface area contributed by atoms with E-state index >= 15 is 0 Å². The van der Waals surface area contributed by atoms with Crippen LogP contribution in [0.25, 0.3) is 22.3 Å². The number of carbonyl (C=O) groups excluding carboxylic acids is 1. The second-order valence-electron chi connectivity index (χ2n) is 8.35. The van der Waals surface area contributed by atoms with Crippen LogP contribution in [0.4, 0.5) is 4.79 Å². The van der Waals surface area contributed by atoms with Crippen molar-refractivity contribution in [3.8, 4) is 11.4 Å². The summed E-state index contributed by atoms with van der Waals surface area (Å²) in [7, 11) is 0. The van der Waals surface area contributed by atoms with Crippen molar-refractivity contribution in [2.75, 3.05) is 19.6 Å². The molecule has 0 aromatic carbocycles. The first-order valence-electron chi connectivity index (χ1n) is 10.1. The smallest absolute Gasteiger partial charge is 0.410 e. The molecule has 1 saturated heterocycles. The molecule has 1 fully saturated rings. The average Bonchev–Trinajstić information content (AvgIpc) is 2.73. The van der Waals surface area contributed by atoms with Crippen LogP contribution in [-0.4, -0.2) is 56.2 Å². The summed E-state index contributed by atoms with van der Waals surface area (Å²) in [5.74, 6) is 0.589. The van der Waals surface area contributed by atoms with Crippen molar-refractivity contribution in [2.45, 2.75) is 39.3 Å². The molecule has 1 aliphatic rings. The Morgan fingerprint density at radius 2 is 1.93 bits per heavy atom. The molecular formula is C22H26N6O2. The molecule has 1 atom stereocenters. The Morgan fingerprint density at radius 1 is 1.17 bits per heavy atom. The van der Waals surface area contributed by atoms with E-state index in [2.05, 4.69) is 15.3 Å². The fourth-order valence-corrected chi connectivity index (χ4v) is 3.58. The summed E-state index contributed by atoms with van der Waals surface area (Å²) in [6, 6.07) is 5.39. The van der Waals surface area contributed by atoms with Crippen molar-refractivity contribution < 1.29 is 9.53 Å². The van der Waals surface area contributed by atoms with Crippen molar-refractivity contribution in [3.63, 3.8) is 0 Å². The third kappa shape index (κ3) is 4.09. The standard InChI is InChI=1S/C22H26N6O2/c1-14-18-16(7-10-25-14)19(27-20(26-18)15-5-8-23-9-6-15)17-13-24-11-12-28(17)21(29)30-22(2,3)4/h5-10,17,24H,11-13H2,1-4H3. The molecule has 0 radical (unpaired) electrons. The third-order valence-corrected chi connectivity index (χ3v) is 4.95. The van der Waals surface area contributed by atoms with Gasteiger partial charge in [0.25, 0.3) is 0 Å². The van der Waals surface area contributed by atoms with Gasteiger partial charge in [-0.3, -0.25) is 14.9 Å². The van der Waals surface area contributed by atoms with E-state index < -0.39 is 5.60 Å².